The smallest absolute Gasteiger partial charge is 0.343 e. The maximum absolute atomic E-state index is 13.0. The van der Waals surface area contributed by atoms with Crippen molar-refractivity contribution >= 4 is 40.8 Å². The zero-order chi connectivity index (χ0) is 24.9. The summed E-state index contributed by atoms with van der Waals surface area (Å²) >= 11 is 6.21. The van der Waals surface area contributed by atoms with Gasteiger partial charge in [0.1, 0.15) is 10.7 Å². The topological polar surface area (TPSA) is 84.9 Å². The zero-order valence-electron chi connectivity index (χ0n) is 19.2. The SMILES string of the molecule is CCOc1ccccc1OC(=O)c1ccc(NC2=C(Cl)C(=O)N(c3ccc(CC)cc3)C2=O)cc1. The fourth-order valence-corrected chi connectivity index (χ4v) is 3.74. The monoisotopic (exact) mass is 490 g/mol. The van der Waals surface area contributed by atoms with E-state index in [0.29, 0.717) is 35.0 Å². The van der Waals surface area contributed by atoms with Crippen molar-refractivity contribution in [3.8, 4) is 11.5 Å². The number of benzene rings is 3. The van der Waals surface area contributed by atoms with Crippen LogP contribution in [0.3, 0.4) is 0 Å². The summed E-state index contributed by atoms with van der Waals surface area (Å²) in [6.07, 6.45) is 0.844. The van der Waals surface area contributed by atoms with Crippen LogP contribution in [0.15, 0.2) is 83.5 Å². The fourth-order valence-electron chi connectivity index (χ4n) is 3.53. The number of rotatable bonds is 8. The number of imide groups is 1. The number of aryl methyl sites for hydroxylation is 1. The Labute approximate surface area is 207 Å². The van der Waals surface area contributed by atoms with Crippen molar-refractivity contribution in [3.63, 3.8) is 0 Å². The number of carbonyl (C=O) groups excluding carboxylic acids is 3. The highest BCUT2D eigenvalue weighted by atomic mass is 35.5. The maximum Gasteiger partial charge on any atom is 0.343 e. The molecule has 178 valence electrons. The first-order valence-corrected chi connectivity index (χ1v) is 11.5. The van der Waals surface area contributed by atoms with Crippen LogP contribution in [0.25, 0.3) is 0 Å². The van der Waals surface area contributed by atoms with Crippen molar-refractivity contribution < 1.29 is 23.9 Å². The molecule has 8 heteroatoms. The molecule has 1 aliphatic rings. The minimum Gasteiger partial charge on any atom is -0.490 e. The molecule has 3 aromatic carbocycles. The molecule has 3 aromatic rings. The Morgan fingerprint density at radius 1 is 0.886 bits per heavy atom. The van der Waals surface area contributed by atoms with Crippen LogP contribution in [0.5, 0.6) is 11.5 Å². The third-order valence-corrected chi connectivity index (χ3v) is 5.72. The van der Waals surface area contributed by atoms with Crippen molar-refractivity contribution in [1.82, 2.24) is 0 Å². The average molecular weight is 491 g/mol. The molecule has 1 aliphatic heterocycles. The fraction of sp³-hybridized carbons (Fsp3) is 0.148. The molecule has 0 saturated heterocycles. The molecule has 0 bridgehead atoms. The summed E-state index contributed by atoms with van der Waals surface area (Å²) in [5, 5.41) is 2.70. The van der Waals surface area contributed by atoms with E-state index in [1.165, 1.54) is 0 Å². The predicted molar refractivity (Wildman–Crippen MR) is 134 cm³/mol. The van der Waals surface area contributed by atoms with Crippen molar-refractivity contribution in [2.24, 2.45) is 0 Å². The van der Waals surface area contributed by atoms with Crippen LogP contribution in [0.4, 0.5) is 11.4 Å². The van der Waals surface area contributed by atoms with E-state index in [2.05, 4.69) is 5.32 Å². The number of para-hydroxylation sites is 2. The molecule has 2 amide bonds. The minimum atomic E-state index is -0.600. The number of nitrogens with zero attached hydrogens (tertiary/aromatic N) is 1. The minimum absolute atomic E-state index is 0.0304. The van der Waals surface area contributed by atoms with Crippen LogP contribution in [0.2, 0.25) is 0 Å². The van der Waals surface area contributed by atoms with Gasteiger partial charge in [-0.05, 0) is 67.4 Å². The number of halogens is 1. The van der Waals surface area contributed by atoms with Crippen LogP contribution >= 0.6 is 11.6 Å². The lowest BCUT2D eigenvalue weighted by molar-refractivity contribution is -0.120. The normalized spacial score (nSPS) is 13.3. The maximum atomic E-state index is 13.0. The molecule has 0 radical (unpaired) electrons. The number of ether oxygens (including phenoxy) is 2. The summed E-state index contributed by atoms with van der Waals surface area (Å²) < 4.78 is 10.9. The van der Waals surface area contributed by atoms with Crippen molar-refractivity contribution in [1.29, 1.82) is 0 Å². The molecule has 7 nitrogen and oxygen atoms in total. The Kier molecular flexibility index (Phi) is 7.17. The van der Waals surface area contributed by atoms with Gasteiger partial charge in [0, 0.05) is 5.69 Å². The third-order valence-electron chi connectivity index (χ3n) is 5.37. The first-order valence-electron chi connectivity index (χ1n) is 11.1. The number of amides is 2. The van der Waals surface area contributed by atoms with Crippen LogP contribution in [0.1, 0.15) is 29.8 Å². The van der Waals surface area contributed by atoms with E-state index < -0.39 is 17.8 Å². The lowest BCUT2D eigenvalue weighted by Crippen LogP contribution is -2.32. The highest BCUT2D eigenvalue weighted by Gasteiger charge is 2.38. The van der Waals surface area contributed by atoms with Gasteiger partial charge in [-0.3, -0.25) is 9.59 Å². The number of nitrogens with one attached hydrogen (secondary N) is 1. The highest BCUT2D eigenvalue weighted by molar-refractivity contribution is 6.53. The van der Waals surface area contributed by atoms with E-state index in [4.69, 9.17) is 21.1 Å². The second-order valence-corrected chi connectivity index (χ2v) is 8.00. The standard InChI is InChI=1S/C27H23ClN2O5/c1-3-17-9-15-20(16-10-17)30-25(31)23(28)24(26(30)32)29-19-13-11-18(12-14-19)27(33)35-22-8-6-5-7-21(22)34-4-2/h5-16,29H,3-4H2,1-2H3. The molecule has 0 saturated carbocycles. The highest BCUT2D eigenvalue weighted by Crippen LogP contribution is 2.31. The Balaban J connectivity index is 1.47. The van der Waals surface area contributed by atoms with Crippen LogP contribution in [-0.4, -0.2) is 24.4 Å². The van der Waals surface area contributed by atoms with E-state index in [1.54, 1.807) is 60.7 Å². The molecule has 0 fully saturated rings. The third kappa shape index (κ3) is 5.05. The van der Waals surface area contributed by atoms with Crippen LogP contribution < -0.4 is 19.7 Å². The summed E-state index contributed by atoms with van der Waals surface area (Å²) in [4.78, 5) is 39.2. The molecular formula is C27H23ClN2O5. The van der Waals surface area contributed by atoms with Crippen molar-refractivity contribution in [3.05, 3.63) is 94.7 Å². The average Bonchev–Trinajstić information content (AvgIpc) is 3.08. The van der Waals surface area contributed by atoms with Gasteiger partial charge in [0.15, 0.2) is 11.5 Å². The number of hydrogen-bond acceptors (Lipinski definition) is 6. The van der Waals surface area contributed by atoms with Gasteiger partial charge in [0.25, 0.3) is 11.8 Å². The zero-order valence-corrected chi connectivity index (χ0v) is 20.0. The first-order chi connectivity index (χ1) is 16.9. The largest absolute Gasteiger partial charge is 0.490 e. The lowest BCUT2D eigenvalue weighted by atomic mass is 10.1. The van der Waals surface area contributed by atoms with Gasteiger partial charge >= 0.3 is 5.97 Å². The van der Waals surface area contributed by atoms with E-state index in [9.17, 15) is 14.4 Å². The second-order valence-electron chi connectivity index (χ2n) is 7.63. The van der Waals surface area contributed by atoms with Gasteiger partial charge in [-0.15, -0.1) is 0 Å². The first kappa shape index (κ1) is 24.0. The number of anilines is 2. The van der Waals surface area contributed by atoms with Gasteiger partial charge in [0.2, 0.25) is 0 Å². The van der Waals surface area contributed by atoms with E-state index in [1.807, 2.05) is 26.0 Å². The van der Waals surface area contributed by atoms with Gasteiger partial charge < -0.3 is 14.8 Å². The summed E-state index contributed by atoms with van der Waals surface area (Å²) in [6.45, 7) is 4.30. The quantitative estimate of drug-likeness (QED) is 0.262. The van der Waals surface area contributed by atoms with Gasteiger partial charge in [-0.2, -0.15) is 0 Å². The summed E-state index contributed by atoms with van der Waals surface area (Å²) in [5.74, 6) is -0.922. The number of hydrogen-bond donors (Lipinski definition) is 1. The van der Waals surface area contributed by atoms with Gasteiger partial charge in [-0.25, -0.2) is 9.69 Å². The summed E-state index contributed by atoms with van der Waals surface area (Å²) in [7, 11) is 0. The molecular weight excluding hydrogens is 468 g/mol. The molecule has 0 aromatic heterocycles. The molecule has 35 heavy (non-hydrogen) atoms. The van der Waals surface area contributed by atoms with Crippen LogP contribution in [-0.2, 0) is 16.0 Å². The Morgan fingerprint density at radius 2 is 1.54 bits per heavy atom. The van der Waals surface area contributed by atoms with E-state index in [0.717, 1.165) is 16.9 Å². The van der Waals surface area contributed by atoms with E-state index >= 15 is 0 Å². The molecule has 0 aliphatic carbocycles. The predicted octanol–water partition coefficient (Wildman–Crippen LogP) is 5.30. The van der Waals surface area contributed by atoms with E-state index in [-0.39, 0.29) is 10.7 Å². The molecule has 1 heterocycles. The molecule has 0 atom stereocenters. The Bertz CT molecular complexity index is 1300. The summed E-state index contributed by atoms with van der Waals surface area (Å²) in [6, 6.07) is 20.3. The summed E-state index contributed by atoms with van der Waals surface area (Å²) in [5.41, 5.74) is 2.28. The second kappa shape index (κ2) is 10.4. The molecule has 0 unspecified atom stereocenters. The Hall–Kier alpha value is -4.10. The number of esters is 1. The molecule has 4 rings (SSSR count). The Morgan fingerprint density at radius 3 is 2.17 bits per heavy atom. The van der Waals surface area contributed by atoms with Crippen molar-refractivity contribution in [2.75, 3.05) is 16.8 Å². The van der Waals surface area contributed by atoms with Crippen LogP contribution in [0, 0.1) is 0 Å². The molecule has 1 N–H and O–H groups in total. The molecule has 0 spiro atoms. The number of carbonyl (C=O) groups is 3. The van der Waals surface area contributed by atoms with Crippen molar-refractivity contribution in [2.45, 2.75) is 20.3 Å². The van der Waals surface area contributed by atoms with Gasteiger partial charge in [0.05, 0.1) is 17.9 Å². The van der Waals surface area contributed by atoms with Gasteiger partial charge in [-0.1, -0.05) is 42.8 Å². The lowest BCUT2D eigenvalue weighted by Gasteiger charge is -2.15.